The molecule has 2 heterocycles. The predicted octanol–water partition coefficient (Wildman–Crippen LogP) is 3.74. The Hall–Kier alpha value is -3.55. The summed E-state index contributed by atoms with van der Waals surface area (Å²) < 4.78 is 101. The molecule has 1 aromatic heterocycles. The molecule has 14 heteroatoms. The van der Waals surface area contributed by atoms with Gasteiger partial charge in [0, 0.05) is 18.2 Å². The third kappa shape index (κ3) is 6.12. The van der Waals surface area contributed by atoms with Crippen molar-refractivity contribution >= 4 is 18.1 Å². The van der Waals surface area contributed by atoms with Gasteiger partial charge in [-0.15, -0.1) is 0 Å². The first-order chi connectivity index (χ1) is 16.2. The summed E-state index contributed by atoms with van der Waals surface area (Å²) in [7, 11) is 0. The molecule has 0 bridgehead atoms. The Morgan fingerprint density at radius 1 is 1.23 bits per heavy atom. The van der Waals surface area contributed by atoms with E-state index in [4.69, 9.17) is 20.4 Å². The second kappa shape index (κ2) is 10.4. The van der Waals surface area contributed by atoms with E-state index in [1.807, 2.05) is 0 Å². The van der Waals surface area contributed by atoms with Crippen LogP contribution in [-0.2, 0) is 27.7 Å². The van der Waals surface area contributed by atoms with Crippen molar-refractivity contribution in [3.63, 3.8) is 0 Å². The van der Waals surface area contributed by atoms with Crippen molar-refractivity contribution in [2.45, 2.75) is 31.0 Å². The maximum Gasteiger partial charge on any atom is 0.417 e. The summed E-state index contributed by atoms with van der Waals surface area (Å²) in [5, 5.41) is 6.89. The number of pyridine rings is 1. The number of Topliss-reactive ketones (excluding diaryl/α,β-unsaturated/α-hetero) is 1. The fourth-order valence-electron chi connectivity index (χ4n) is 3.21. The number of carbonyl (C=O) groups excluding carboxylic acids is 1. The molecule has 0 aliphatic carbocycles. The Kier molecular flexibility index (Phi) is 8.21. The summed E-state index contributed by atoms with van der Waals surface area (Å²) in [6.45, 7) is -0.767. The molecule has 0 amide bonds. The standard InChI is InChI=1S/C20H16F7N3O2.CH2O2/c1-18(19(23,24)9-32-8-16(28)30-18)12-4-10(2-3-13(12)21)5-15(31)17-14(22)6-11(7-29-17)20(25,26)27;2-1-3/h2-4,6-7H,5,8-9H2,1H3,(H2,28,30);1H,(H,2,3)/t18-;/m1./s1. The van der Waals surface area contributed by atoms with E-state index in [0.29, 0.717) is 6.20 Å². The van der Waals surface area contributed by atoms with Crippen LogP contribution in [0.25, 0.3) is 0 Å². The Bertz CT molecular complexity index is 1140. The number of aliphatic imine (C=N–C) groups is 1. The molecule has 0 saturated heterocycles. The minimum Gasteiger partial charge on any atom is -0.483 e. The van der Waals surface area contributed by atoms with Crippen molar-refractivity contribution in [1.29, 1.82) is 0 Å². The molecule has 35 heavy (non-hydrogen) atoms. The molecule has 0 fully saturated rings. The minimum absolute atomic E-state index is 0.0107. The van der Waals surface area contributed by atoms with Gasteiger partial charge in [0.1, 0.15) is 30.6 Å². The Morgan fingerprint density at radius 2 is 1.86 bits per heavy atom. The first-order valence-corrected chi connectivity index (χ1v) is 9.58. The van der Waals surface area contributed by atoms with Crippen molar-refractivity contribution in [2.24, 2.45) is 10.7 Å². The number of halogens is 7. The zero-order chi connectivity index (χ0) is 26.6. The quantitative estimate of drug-likeness (QED) is 0.369. The van der Waals surface area contributed by atoms with Crippen molar-refractivity contribution in [3.8, 4) is 0 Å². The number of benzene rings is 1. The Labute approximate surface area is 193 Å². The second-order valence-electron chi connectivity index (χ2n) is 7.44. The van der Waals surface area contributed by atoms with Crippen LogP contribution >= 0.6 is 0 Å². The largest absolute Gasteiger partial charge is 0.483 e. The second-order valence-corrected chi connectivity index (χ2v) is 7.44. The van der Waals surface area contributed by atoms with Crippen molar-refractivity contribution in [1.82, 2.24) is 4.98 Å². The number of ether oxygens (including phenoxy) is 1. The van der Waals surface area contributed by atoms with Crippen LogP contribution in [0, 0.1) is 11.6 Å². The molecule has 7 nitrogen and oxygen atoms in total. The number of hydrogen-bond donors (Lipinski definition) is 2. The van der Waals surface area contributed by atoms with Gasteiger partial charge in [0.2, 0.25) is 0 Å². The maximum atomic E-state index is 14.7. The summed E-state index contributed by atoms with van der Waals surface area (Å²) >= 11 is 0. The van der Waals surface area contributed by atoms with Crippen molar-refractivity contribution < 1.29 is 50.2 Å². The summed E-state index contributed by atoms with van der Waals surface area (Å²) in [5.74, 6) is -7.54. The van der Waals surface area contributed by atoms with E-state index < -0.39 is 64.9 Å². The summed E-state index contributed by atoms with van der Waals surface area (Å²) in [6, 6.07) is 3.00. The molecule has 0 unspecified atom stereocenters. The van der Waals surface area contributed by atoms with Crippen molar-refractivity contribution in [2.75, 3.05) is 13.2 Å². The highest BCUT2D eigenvalue weighted by atomic mass is 19.4. The monoisotopic (exact) mass is 509 g/mol. The normalized spacial score (nSPS) is 19.6. The molecule has 1 aromatic carbocycles. The van der Waals surface area contributed by atoms with Gasteiger partial charge in [0.05, 0.1) is 5.56 Å². The third-order valence-electron chi connectivity index (χ3n) is 4.97. The lowest BCUT2D eigenvalue weighted by Crippen LogP contribution is -2.45. The topological polar surface area (TPSA) is 115 Å². The van der Waals surface area contributed by atoms with Crippen LogP contribution in [0.2, 0.25) is 0 Å². The van der Waals surface area contributed by atoms with Crippen LogP contribution in [0.1, 0.15) is 34.1 Å². The number of amidine groups is 1. The molecule has 3 N–H and O–H groups in total. The predicted molar refractivity (Wildman–Crippen MR) is 107 cm³/mol. The number of ketones is 1. The minimum atomic E-state index is -4.85. The van der Waals surface area contributed by atoms with Crippen LogP contribution in [0.4, 0.5) is 30.7 Å². The van der Waals surface area contributed by atoms with Gasteiger partial charge in [-0.2, -0.15) is 13.2 Å². The maximum absolute atomic E-state index is 14.7. The van der Waals surface area contributed by atoms with E-state index in [1.54, 1.807) is 0 Å². The highest BCUT2D eigenvalue weighted by molar-refractivity contribution is 5.96. The molecule has 1 aliphatic rings. The Morgan fingerprint density at radius 3 is 2.43 bits per heavy atom. The average molecular weight is 509 g/mol. The highest BCUT2D eigenvalue weighted by Gasteiger charge is 2.54. The lowest BCUT2D eigenvalue weighted by Gasteiger charge is -2.33. The van der Waals surface area contributed by atoms with Crippen LogP contribution in [0.5, 0.6) is 0 Å². The number of carboxylic acid groups (broad SMARTS) is 1. The van der Waals surface area contributed by atoms with Gasteiger partial charge in [0.25, 0.3) is 12.4 Å². The molecule has 0 spiro atoms. The van der Waals surface area contributed by atoms with Gasteiger partial charge in [-0.3, -0.25) is 14.6 Å². The zero-order valence-electron chi connectivity index (χ0n) is 17.9. The van der Waals surface area contributed by atoms with E-state index in [2.05, 4.69) is 9.98 Å². The number of nitrogens with two attached hydrogens (primary N) is 1. The molecule has 0 saturated carbocycles. The molecule has 0 radical (unpaired) electrons. The number of nitrogens with zero attached hydrogens (tertiary/aromatic N) is 2. The van der Waals surface area contributed by atoms with Gasteiger partial charge in [-0.05, 0) is 30.7 Å². The lowest BCUT2D eigenvalue weighted by molar-refractivity contribution is -0.138. The van der Waals surface area contributed by atoms with Gasteiger partial charge >= 0.3 is 6.18 Å². The SMILES string of the molecule is C[C@]1(c2cc(CC(=O)c3ncc(C(F)(F)F)cc3F)ccc2F)N=C(N)COCC1(F)F.O=CO. The third-order valence-corrected chi connectivity index (χ3v) is 4.97. The van der Waals surface area contributed by atoms with Crippen LogP contribution in [0.3, 0.4) is 0 Å². The average Bonchev–Trinajstić information content (AvgIpc) is 2.84. The fourth-order valence-corrected chi connectivity index (χ4v) is 3.21. The van der Waals surface area contributed by atoms with Crippen LogP contribution in [-0.4, -0.2) is 47.3 Å². The summed E-state index contributed by atoms with van der Waals surface area (Å²) in [4.78, 5) is 27.7. The highest BCUT2D eigenvalue weighted by Crippen LogP contribution is 2.43. The molecule has 1 atom stereocenters. The van der Waals surface area contributed by atoms with E-state index in [1.165, 1.54) is 0 Å². The smallest absolute Gasteiger partial charge is 0.417 e. The number of alkyl halides is 5. The molecular formula is C21H18F7N3O4. The lowest BCUT2D eigenvalue weighted by atomic mass is 9.84. The molecule has 3 rings (SSSR count). The number of rotatable bonds is 4. The fraction of sp³-hybridized carbons (Fsp3) is 0.333. The number of aromatic nitrogens is 1. The summed E-state index contributed by atoms with van der Waals surface area (Å²) in [5.41, 5.74) is 0.255. The van der Waals surface area contributed by atoms with E-state index in [9.17, 15) is 35.5 Å². The van der Waals surface area contributed by atoms with Crippen LogP contribution < -0.4 is 5.73 Å². The first-order valence-electron chi connectivity index (χ1n) is 9.58. The first kappa shape index (κ1) is 27.7. The van der Waals surface area contributed by atoms with Gasteiger partial charge in [-0.25, -0.2) is 22.5 Å². The Balaban J connectivity index is 0.00000137. The molecule has 190 valence electrons. The van der Waals surface area contributed by atoms with E-state index in [-0.39, 0.29) is 30.5 Å². The zero-order valence-corrected chi connectivity index (χ0v) is 17.9. The van der Waals surface area contributed by atoms with Crippen molar-refractivity contribution in [3.05, 3.63) is 64.5 Å². The molecular weight excluding hydrogens is 491 g/mol. The van der Waals surface area contributed by atoms with Crippen LogP contribution in [0.15, 0.2) is 35.5 Å². The number of carbonyl (C=O) groups is 2. The van der Waals surface area contributed by atoms with Gasteiger partial charge in [0.15, 0.2) is 17.1 Å². The van der Waals surface area contributed by atoms with E-state index in [0.717, 1.165) is 25.1 Å². The number of hydrogen-bond acceptors (Lipinski definition) is 6. The van der Waals surface area contributed by atoms with E-state index >= 15 is 0 Å². The van der Waals surface area contributed by atoms with Gasteiger partial charge < -0.3 is 15.6 Å². The van der Waals surface area contributed by atoms with Gasteiger partial charge in [-0.1, -0.05) is 6.07 Å². The molecule has 1 aliphatic heterocycles. The molecule has 2 aromatic rings. The summed E-state index contributed by atoms with van der Waals surface area (Å²) in [6.07, 6.45) is -5.19.